The maximum Gasteiger partial charge on any atom is 0.101 e. The predicted octanol–water partition coefficient (Wildman–Crippen LogP) is 3.77. The Morgan fingerprint density at radius 3 is 2.44 bits per heavy atom. The summed E-state index contributed by atoms with van der Waals surface area (Å²) in [5.74, 6) is 0.415. The van der Waals surface area contributed by atoms with E-state index in [-0.39, 0.29) is 0 Å². The maximum atomic E-state index is 9.01. The Labute approximate surface area is 108 Å². The topological polar surface area (TPSA) is 35.8 Å². The van der Waals surface area contributed by atoms with E-state index in [2.05, 4.69) is 42.6 Å². The van der Waals surface area contributed by atoms with Crippen molar-refractivity contribution in [3.05, 3.63) is 65.7 Å². The van der Waals surface area contributed by atoms with E-state index in [1.165, 1.54) is 5.56 Å². The largest absolute Gasteiger partial charge is 0.383 e. The van der Waals surface area contributed by atoms with Crippen molar-refractivity contribution in [3.8, 4) is 6.07 Å². The van der Waals surface area contributed by atoms with Gasteiger partial charge in [0.2, 0.25) is 0 Å². The van der Waals surface area contributed by atoms with Crippen LogP contribution in [0.1, 0.15) is 24.0 Å². The van der Waals surface area contributed by atoms with Gasteiger partial charge in [-0.2, -0.15) is 5.26 Å². The summed E-state index contributed by atoms with van der Waals surface area (Å²) in [7, 11) is 0. The second kappa shape index (κ2) is 5.88. The van der Waals surface area contributed by atoms with E-state index in [1.807, 2.05) is 30.3 Å². The summed E-state index contributed by atoms with van der Waals surface area (Å²) in [4.78, 5) is 0. The predicted molar refractivity (Wildman–Crippen MR) is 74.5 cm³/mol. The zero-order valence-electron chi connectivity index (χ0n) is 10.4. The molecule has 0 radical (unpaired) electrons. The normalized spacial score (nSPS) is 11.6. The first-order chi connectivity index (χ1) is 8.81. The van der Waals surface area contributed by atoms with Crippen molar-refractivity contribution in [1.82, 2.24) is 0 Å². The van der Waals surface area contributed by atoms with E-state index in [4.69, 9.17) is 5.26 Å². The SMILES string of the molecule is CC(CNc1ccccc1C#N)c1ccccc1. The highest BCUT2D eigenvalue weighted by Crippen LogP contribution is 2.18. The fourth-order valence-corrected chi connectivity index (χ4v) is 1.90. The third-order valence-corrected chi connectivity index (χ3v) is 3.01. The molecule has 0 amide bonds. The van der Waals surface area contributed by atoms with Crippen LogP contribution in [0.3, 0.4) is 0 Å². The minimum atomic E-state index is 0.415. The maximum absolute atomic E-state index is 9.01. The van der Waals surface area contributed by atoms with Gasteiger partial charge < -0.3 is 5.32 Å². The monoisotopic (exact) mass is 236 g/mol. The molecule has 0 aliphatic carbocycles. The van der Waals surface area contributed by atoms with Crippen LogP contribution < -0.4 is 5.32 Å². The van der Waals surface area contributed by atoms with Crippen molar-refractivity contribution in [2.24, 2.45) is 0 Å². The molecule has 0 heterocycles. The Morgan fingerprint density at radius 1 is 1.06 bits per heavy atom. The number of benzene rings is 2. The van der Waals surface area contributed by atoms with E-state index in [9.17, 15) is 0 Å². The molecule has 1 atom stereocenters. The first-order valence-electron chi connectivity index (χ1n) is 6.09. The smallest absolute Gasteiger partial charge is 0.101 e. The van der Waals surface area contributed by atoms with E-state index in [0.29, 0.717) is 11.5 Å². The molecule has 0 aliphatic heterocycles. The summed E-state index contributed by atoms with van der Waals surface area (Å²) in [6.07, 6.45) is 0. The zero-order valence-corrected chi connectivity index (χ0v) is 10.4. The van der Waals surface area contributed by atoms with Crippen LogP contribution in [0.4, 0.5) is 5.69 Å². The van der Waals surface area contributed by atoms with Crippen LogP contribution in [-0.2, 0) is 0 Å². The lowest BCUT2D eigenvalue weighted by Crippen LogP contribution is -2.10. The van der Waals surface area contributed by atoms with Crippen LogP contribution in [0, 0.1) is 11.3 Å². The average Bonchev–Trinajstić information content (AvgIpc) is 2.46. The van der Waals surface area contributed by atoms with E-state index >= 15 is 0 Å². The molecule has 0 saturated heterocycles. The molecule has 1 N–H and O–H groups in total. The van der Waals surface area contributed by atoms with E-state index in [1.54, 1.807) is 0 Å². The third-order valence-electron chi connectivity index (χ3n) is 3.01. The summed E-state index contributed by atoms with van der Waals surface area (Å²) >= 11 is 0. The zero-order chi connectivity index (χ0) is 12.8. The van der Waals surface area contributed by atoms with Gasteiger partial charge in [-0.25, -0.2) is 0 Å². The Bertz CT molecular complexity index is 541. The molecule has 2 rings (SSSR count). The van der Waals surface area contributed by atoms with Gasteiger partial charge in [0.1, 0.15) is 6.07 Å². The van der Waals surface area contributed by atoms with Crippen LogP contribution in [0.2, 0.25) is 0 Å². The van der Waals surface area contributed by atoms with Crippen molar-refractivity contribution in [1.29, 1.82) is 5.26 Å². The minimum absolute atomic E-state index is 0.415. The number of nitrogens with zero attached hydrogens (tertiary/aromatic N) is 1. The van der Waals surface area contributed by atoms with E-state index < -0.39 is 0 Å². The molecular weight excluding hydrogens is 220 g/mol. The van der Waals surface area contributed by atoms with Gasteiger partial charge in [-0.05, 0) is 23.6 Å². The molecule has 18 heavy (non-hydrogen) atoms. The standard InChI is InChI=1S/C16H16N2/c1-13(14-7-3-2-4-8-14)12-18-16-10-6-5-9-15(16)11-17/h2-10,13,18H,12H2,1H3. The lowest BCUT2D eigenvalue weighted by atomic mass is 10.0. The van der Waals surface area contributed by atoms with Gasteiger partial charge in [-0.15, -0.1) is 0 Å². The Hall–Kier alpha value is -2.27. The highest BCUT2D eigenvalue weighted by Gasteiger charge is 2.06. The Morgan fingerprint density at radius 2 is 1.72 bits per heavy atom. The van der Waals surface area contributed by atoms with Crippen molar-refractivity contribution in [2.75, 3.05) is 11.9 Å². The summed E-state index contributed by atoms with van der Waals surface area (Å²) in [5.41, 5.74) is 2.90. The van der Waals surface area contributed by atoms with Gasteiger partial charge in [-0.3, -0.25) is 0 Å². The lowest BCUT2D eigenvalue weighted by Gasteiger charge is -2.14. The summed E-state index contributed by atoms with van der Waals surface area (Å²) in [5, 5.41) is 12.4. The fourth-order valence-electron chi connectivity index (χ4n) is 1.90. The summed E-state index contributed by atoms with van der Waals surface area (Å²) in [6, 6.07) is 20.2. The van der Waals surface area contributed by atoms with Crippen molar-refractivity contribution < 1.29 is 0 Å². The molecule has 0 spiro atoms. The highest BCUT2D eigenvalue weighted by atomic mass is 14.9. The van der Waals surface area contributed by atoms with Crippen LogP contribution in [-0.4, -0.2) is 6.54 Å². The fraction of sp³-hybridized carbons (Fsp3) is 0.188. The minimum Gasteiger partial charge on any atom is -0.383 e. The van der Waals surface area contributed by atoms with Gasteiger partial charge in [0.15, 0.2) is 0 Å². The van der Waals surface area contributed by atoms with Crippen LogP contribution in [0.15, 0.2) is 54.6 Å². The van der Waals surface area contributed by atoms with Gasteiger partial charge in [0, 0.05) is 6.54 Å². The summed E-state index contributed by atoms with van der Waals surface area (Å²) < 4.78 is 0. The molecule has 0 saturated carbocycles. The van der Waals surface area contributed by atoms with Gasteiger partial charge >= 0.3 is 0 Å². The average molecular weight is 236 g/mol. The molecular formula is C16H16N2. The lowest BCUT2D eigenvalue weighted by molar-refractivity contribution is 0.805. The summed E-state index contributed by atoms with van der Waals surface area (Å²) in [6.45, 7) is 3.00. The number of hydrogen-bond acceptors (Lipinski definition) is 2. The quantitative estimate of drug-likeness (QED) is 0.877. The molecule has 2 heteroatoms. The van der Waals surface area contributed by atoms with E-state index in [0.717, 1.165) is 12.2 Å². The van der Waals surface area contributed by atoms with Crippen molar-refractivity contribution >= 4 is 5.69 Å². The molecule has 1 unspecified atom stereocenters. The van der Waals surface area contributed by atoms with Gasteiger partial charge in [0.25, 0.3) is 0 Å². The molecule has 0 bridgehead atoms. The second-order valence-corrected chi connectivity index (χ2v) is 4.35. The van der Waals surface area contributed by atoms with Crippen LogP contribution >= 0.6 is 0 Å². The molecule has 0 fully saturated rings. The molecule has 90 valence electrons. The molecule has 2 aromatic carbocycles. The van der Waals surface area contributed by atoms with Crippen molar-refractivity contribution in [3.63, 3.8) is 0 Å². The number of nitriles is 1. The number of rotatable bonds is 4. The Kier molecular flexibility index (Phi) is 3.98. The number of hydrogen-bond donors (Lipinski definition) is 1. The number of para-hydroxylation sites is 1. The molecule has 0 aromatic heterocycles. The first kappa shape index (κ1) is 12.2. The highest BCUT2D eigenvalue weighted by molar-refractivity contribution is 5.57. The van der Waals surface area contributed by atoms with Crippen molar-refractivity contribution in [2.45, 2.75) is 12.8 Å². The molecule has 0 aliphatic rings. The third kappa shape index (κ3) is 2.89. The molecule has 2 nitrogen and oxygen atoms in total. The number of nitrogens with one attached hydrogen (secondary N) is 1. The number of anilines is 1. The van der Waals surface area contributed by atoms with Crippen LogP contribution in [0.5, 0.6) is 0 Å². The van der Waals surface area contributed by atoms with Crippen LogP contribution in [0.25, 0.3) is 0 Å². The second-order valence-electron chi connectivity index (χ2n) is 4.35. The molecule has 2 aromatic rings. The van der Waals surface area contributed by atoms with Gasteiger partial charge in [0.05, 0.1) is 11.3 Å². The van der Waals surface area contributed by atoms with Gasteiger partial charge in [-0.1, -0.05) is 49.4 Å². The Balaban J connectivity index is 2.02. The first-order valence-corrected chi connectivity index (χ1v) is 6.09.